The number of anilines is 1. The fourth-order valence-electron chi connectivity index (χ4n) is 2.47. The van der Waals surface area contributed by atoms with Crippen LogP contribution in [0, 0.1) is 0 Å². The van der Waals surface area contributed by atoms with E-state index in [0.29, 0.717) is 29.4 Å². The Labute approximate surface area is 181 Å². The maximum absolute atomic E-state index is 12.3. The summed E-state index contributed by atoms with van der Waals surface area (Å²) >= 11 is 0. The lowest BCUT2D eigenvalue weighted by molar-refractivity contribution is 0.0635. The van der Waals surface area contributed by atoms with E-state index < -0.39 is 23.5 Å². The van der Waals surface area contributed by atoms with E-state index in [2.05, 4.69) is 16.2 Å². The highest BCUT2D eigenvalue weighted by atomic mass is 16.6. The Morgan fingerprint density at radius 1 is 0.871 bits per heavy atom. The third kappa shape index (κ3) is 7.22. The second-order valence-corrected chi connectivity index (χ2v) is 7.41. The molecule has 0 unspecified atom stereocenters. The summed E-state index contributed by atoms with van der Waals surface area (Å²) in [5, 5.41) is 2.58. The van der Waals surface area contributed by atoms with Gasteiger partial charge >= 0.3 is 6.09 Å². The van der Waals surface area contributed by atoms with Crippen LogP contribution in [-0.2, 0) is 4.74 Å². The molecule has 0 atom stereocenters. The topological polar surface area (TPSA) is 115 Å². The molecule has 2 rings (SSSR count). The van der Waals surface area contributed by atoms with Crippen LogP contribution in [0.2, 0.25) is 0 Å². The van der Waals surface area contributed by atoms with E-state index in [4.69, 9.17) is 14.2 Å². The number of carbonyl (C=O) groups excluding carboxylic acids is 3. The van der Waals surface area contributed by atoms with Gasteiger partial charge in [-0.05, 0) is 70.2 Å². The van der Waals surface area contributed by atoms with Gasteiger partial charge in [0, 0.05) is 16.8 Å². The molecule has 2 aromatic carbocycles. The van der Waals surface area contributed by atoms with E-state index >= 15 is 0 Å². The van der Waals surface area contributed by atoms with Crippen LogP contribution in [0.1, 0.15) is 48.4 Å². The van der Waals surface area contributed by atoms with Gasteiger partial charge in [0.2, 0.25) is 0 Å². The molecule has 0 spiro atoms. The third-order valence-corrected chi connectivity index (χ3v) is 3.81. The summed E-state index contributed by atoms with van der Waals surface area (Å²) in [7, 11) is 1.47. The number of nitrogens with one attached hydrogen (secondary N) is 3. The van der Waals surface area contributed by atoms with Gasteiger partial charge in [-0.2, -0.15) is 0 Å². The first kappa shape index (κ1) is 23.5. The van der Waals surface area contributed by atoms with E-state index in [9.17, 15) is 14.4 Å². The van der Waals surface area contributed by atoms with Crippen molar-refractivity contribution in [3.8, 4) is 11.5 Å². The van der Waals surface area contributed by atoms with Crippen molar-refractivity contribution in [3.63, 3.8) is 0 Å². The molecule has 0 heterocycles. The van der Waals surface area contributed by atoms with Gasteiger partial charge in [-0.3, -0.25) is 25.8 Å². The molecule has 31 heavy (non-hydrogen) atoms. The number of hydrogen-bond acceptors (Lipinski definition) is 6. The Balaban J connectivity index is 1.93. The predicted octanol–water partition coefficient (Wildman–Crippen LogP) is 3.52. The lowest BCUT2D eigenvalue weighted by Gasteiger charge is -2.19. The minimum absolute atomic E-state index is 0.289. The number of ether oxygens (including phenoxy) is 3. The van der Waals surface area contributed by atoms with E-state index in [1.165, 1.54) is 25.3 Å². The quantitative estimate of drug-likeness (QED) is 0.606. The highest BCUT2D eigenvalue weighted by Gasteiger charge is 2.16. The zero-order valence-electron chi connectivity index (χ0n) is 18.2. The van der Waals surface area contributed by atoms with Gasteiger partial charge < -0.3 is 14.2 Å². The zero-order valence-corrected chi connectivity index (χ0v) is 18.2. The number of benzene rings is 2. The SMILES string of the molecule is CCOc1ccc(C(=O)NNC(=O)c2ccc(NC(=O)OC(C)(C)C)cc2)cc1OC. The fraction of sp³-hybridized carbons (Fsp3) is 0.318. The van der Waals surface area contributed by atoms with Crippen molar-refractivity contribution in [1.82, 2.24) is 10.9 Å². The summed E-state index contributed by atoms with van der Waals surface area (Å²) in [6.45, 7) is 7.59. The monoisotopic (exact) mass is 429 g/mol. The van der Waals surface area contributed by atoms with Crippen molar-refractivity contribution in [3.05, 3.63) is 53.6 Å². The summed E-state index contributed by atoms with van der Waals surface area (Å²) in [5.41, 5.74) is 5.12. The van der Waals surface area contributed by atoms with Crippen LogP contribution in [0.25, 0.3) is 0 Å². The molecule has 0 fully saturated rings. The number of rotatable bonds is 6. The Morgan fingerprint density at radius 3 is 2.00 bits per heavy atom. The van der Waals surface area contributed by atoms with Gasteiger partial charge in [0.25, 0.3) is 11.8 Å². The van der Waals surface area contributed by atoms with Crippen LogP contribution in [0.5, 0.6) is 11.5 Å². The summed E-state index contributed by atoms with van der Waals surface area (Å²) < 4.78 is 15.8. The van der Waals surface area contributed by atoms with Gasteiger partial charge in [-0.15, -0.1) is 0 Å². The maximum atomic E-state index is 12.3. The van der Waals surface area contributed by atoms with Crippen molar-refractivity contribution >= 4 is 23.6 Å². The molecule has 0 aliphatic heterocycles. The fourth-order valence-corrected chi connectivity index (χ4v) is 2.47. The molecule has 3 amide bonds. The van der Waals surface area contributed by atoms with Gasteiger partial charge in [-0.1, -0.05) is 0 Å². The second kappa shape index (κ2) is 10.3. The highest BCUT2D eigenvalue weighted by Crippen LogP contribution is 2.27. The first-order valence-corrected chi connectivity index (χ1v) is 9.64. The average Bonchev–Trinajstić information content (AvgIpc) is 2.71. The minimum atomic E-state index is -0.616. The summed E-state index contributed by atoms with van der Waals surface area (Å²) in [4.78, 5) is 36.4. The summed E-state index contributed by atoms with van der Waals surface area (Å²) in [5.74, 6) is -0.104. The Hall–Kier alpha value is -3.75. The zero-order chi connectivity index (χ0) is 23.0. The Bertz CT molecular complexity index is 935. The van der Waals surface area contributed by atoms with Crippen molar-refractivity contribution in [2.24, 2.45) is 0 Å². The van der Waals surface area contributed by atoms with Crippen LogP contribution in [0.15, 0.2) is 42.5 Å². The van der Waals surface area contributed by atoms with E-state index in [1.807, 2.05) is 6.92 Å². The first-order chi connectivity index (χ1) is 14.6. The molecule has 9 nitrogen and oxygen atoms in total. The van der Waals surface area contributed by atoms with Gasteiger partial charge in [0.15, 0.2) is 11.5 Å². The lowest BCUT2D eigenvalue weighted by Crippen LogP contribution is -2.41. The molecule has 0 aliphatic carbocycles. The molecule has 0 bridgehead atoms. The van der Waals surface area contributed by atoms with Crippen LogP contribution in [0.3, 0.4) is 0 Å². The first-order valence-electron chi connectivity index (χ1n) is 9.64. The Morgan fingerprint density at radius 2 is 1.45 bits per heavy atom. The van der Waals surface area contributed by atoms with Gasteiger partial charge in [0.1, 0.15) is 5.60 Å². The van der Waals surface area contributed by atoms with Crippen molar-refractivity contribution < 1.29 is 28.6 Å². The van der Waals surface area contributed by atoms with E-state index in [1.54, 1.807) is 45.0 Å². The molecule has 0 saturated carbocycles. The molecule has 0 radical (unpaired) electrons. The standard InChI is InChI=1S/C22H27N3O6/c1-6-30-17-12-9-15(13-18(17)29-5)20(27)25-24-19(26)14-7-10-16(11-8-14)23-21(28)31-22(2,3)4/h7-13H,6H2,1-5H3,(H,23,28)(H,24,26)(H,25,27). The van der Waals surface area contributed by atoms with Gasteiger partial charge in [-0.25, -0.2) is 4.79 Å². The molecule has 0 saturated heterocycles. The highest BCUT2D eigenvalue weighted by molar-refractivity contribution is 5.99. The second-order valence-electron chi connectivity index (χ2n) is 7.41. The number of hydrazine groups is 1. The molecular weight excluding hydrogens is 402 g/mol. The predicted molar refractivity (Wildman–Crippen MR) is 115 cm³/mol. The van der Waals surface area contributed by atoms with Crippen molar-refractivity contribution in [2.45, 2.75) is 33.3 Å². The summed E-state index contributed by atoms with van der Waals surface area (Å²) in [6.07, 6.45) is -0.595. The molecule has 0 aliphatic rings. The average molecular weight is 429 g/mol. The normalized spacial score (nSPS) is 10.6. The van der Waals surface area contributed by atoms with Gasteiger partial charge in [0.05, 0.1) is 13.7 Å². The molecular formula is C22H27N3O6. The third-order valence-electron chi connectivity index (χ3n) is 3.81. The molecule has 2 aromatic rings. The lowest BCUT2D eigenvalue weighted by atomic mass is 10.2. The molecule has 166 valence electrons. The minimum Gasteiger partial charge on any atom is -0.493 e. The largest absolute Gasteiger partial charge is 0.493 e. The van der Waals surface area contributed by atoms with E-state index in [0.717, 1.165) is 0 Å². The number of methoxy groups -OCH3 is 1. The smallest absolute Gasteiger partial charge is 0.412 e. The van der Waals surface area contributed by atoms with Crippen molar-refractivity contribution in [2.75, 3.05) is 19.0 Å². The van der Waals surface area contributed by atoms with Crippen LogP contribution in [-0.4, -0.2) is 37.2 Å². The Kier molecular flexibility index (Phi) is 7.84. The number of amides is 3. The molecule has 9 heteroatoms. The van der Waals surface area contributed by atoms with Crippen LogP contribution in [0.4, 0.5) is 10.5 Å². The van der Waals surface area contributed by atoms with Crippen LogP contribution < -0.4 is 25.6 Å². The van der Waals surface area contributed by atoms with E-state index in [-0.39, 0.29) is 5.56 Å². The van der Waals surface area contributed by atoms with Crippen molar-refractivity contribution in [1.29, 1.82) is 0 Å². The number of carbonyl (C=O) groups is 3. The summed E-state index contributed by atoms with van der Waals surface area (Å²) in [6, 6.07) is 10.8. The maximum Gasteiger partial charge on any atom is 0.412 e. The molecule has 0 aromatic heterocycles. The van der Waals surface area contributed by atoms with Crippen LogP contribution >= 0.6 is 0 Å². The number of hydrogen-bond donors (Lipinski definition) is 3. The molecule has 3 N–H and O–H groups in total.